The van der Waals surface area contributed by atoms with Crippen LogP contribution in [0.1, 0.15) is 48.2 Å². The van der Waals surface area contributed by atoms with Gasteiger partial charge in [-0.15, -0.1) is 0 Å². The number of rotatable bonds is 3. The lowest BCUT2D eigenvalue weighted by atomic mass is 9.72. The maximum absolute atomic E-state index is 12.6. The molecule has 152 valence electrons. The van der Waals surface area contributed by atoms with Gasteiger partial charge < -0.3 is 19.8 Å². The first-order valence-corrected chi connectivity index (χ1v) is 10.3. The van der Waals surface area contributed by atoms with Gasteiger partial charge in [-0.2, -0.15) is 0 Å². The van der Waals surface area contributed by atoms with E-state index < -0.39 is 5.97 Å². The van der Waals surface area contributed by atoms with Gasteiger partial charge in [0.25, 0.3) is 0 Å². The van der Waals surface area contributed by atoms with Crippen molar-refractivity contribution in [3.8, 4) is 0 Å². The molecule has 3 saturated heterocycles. The molecular weight excluding hydrogens is 356 g/mol. The van der Waals surface area contributed by atoms with E-state index in [-0.39, 0.29) is 11.0 Å². The van der Waals surface area contributed by atoms with Crippen molar-refractivity contribution in [2.24, 2.45) is 5.41 Å². The van der Waals surface area contributed by atoms with Crippen LogP contribution in [0.2, 0.25) is 0 Å². The maximum atomic E-state index is 12.6. The monoisotopic (exact) mass is 386 g/mol. The van der Waals surface area contributed by atoms with E-state index in [1.165, 1.54) is 0 Å². The molecule has 1 amide bonds. The molecule has 0 aliphatic carbocycles. The van der Waals surface area contributed by atoms with E-state index >= 15 is 0 Å². The van der Waals surface area contributed by atoms with Crippen LogP contribution in [0.5, 0.6) is 0 Å². The number of nitrogens with zero attached hydrogens (tertiary/aromatic N) is 4. The van der Waals surface area contributed by atoms with Crippen LogP contribution >= 0.6 is 0 Å². The van der Waals surface area contributed by atoms with Crippen LogP contribution in [-0.4, -0.2) is 77.6 Å². The summed E-state index contributed by atoms with van der Waals surface area (Å²) in [6, 6.07) is 3.76. The first-order valence-electron chi connectivity index (χ1n) is 10.3. The van der Waals surface area contributed by atoms with Crippen LogP contribution in [-0.2, 0) is 4.79 Å². The van der Waals surface area contributed by atoms with Crippen molar-refractivity contribution in [2.75, 3.05) is 44.7 Å². The number of carbonyl (C=O) groups excluding carboxylic acids is 1. The number of aromatic nitrogens is 1. The highest BCUT2D eigenvalue weighted by atomic mass is 16.4. The van der Waals surface area contributed by atoms with E-state index in [2.05, 4.69) is 26.7 Å². The predicted molar refractivity (Wildman–Crippen MR) is 107 cm³/mol. The van der Waals surface area contributed by atoms with Crippen LogP contribution in [0.3, 0.4) is 0 Å². The third kappa shape index (κ3) is 3.60. The van der Waals surface area contributed by atoms with Crippen molar-refractivity contribution < 1.29 is 14.7 Å². The Morgan fingerprint density at radius 1 is 1.21 bits per heavy atom. The van der Waals surface area contributed by atoms with Crippen molar-refractivity contribution in [1.29, 1.82) is 0 Å². The molecule has 7 heteroatoms. The number of likely N-dealkylation sites (N-methyl/N-ethyl adjacent to an activating group) is 1. The van der Waals surface area contributed by atoms with Crippen LogP contribution in [0, 0.1) is 12.3 Å². The molecule has 28 heavy (non-hydrogen) atoms. The maximum Gasteiger partial charge on any atom is 0.339 e. The zero-order valence-electron chi connectivity index (χ0n) is 16.9. The molecule has 3 aliphatic heterocycles. The molecule has 1 N–H and O–H groups in total. The Morgan fingerprint density at radius 3 is 2.61 bits per heavy atom. The fourth-order valence-corrected chi connectivity index (χ4v) is 5.10. The number of pyridine rings is 1. The van der Waals surface area contributed by atoms with Gasteiger partial charge >= 0.3 is 5.97 Å². The largest absolute Gasteiger partial charge is 0.478 e. The molecule has 1 aromatic rings. The van der Waals surface area contributed by atoms with Crippen LogP contribution in [0.4, 0.5) is 5.82 Å². The number of anilines is 1. The lowest BCUT2D eigenvalue weighted by Gasteiger charge is -2.49. The third-order valence-corrected chi connectivity index (χ3v) is 6.87. The second-order valence-corrected chi connectivity index (χ2v) is 8.84. The van der Waals surface area contributed by atoms with Crippen LogP contribution in [0.15, 0.2) is 12.1 Å². The highest BCUT2D eigenvalue weighted by Gasteiger charge is 2.44. The minimum absolute atomic E-state index is 0.165. The van der Waals surface area contributed by atoms with Crippen molar-refractivity contribution >= 4 is 17.7 Å². The minimum Gasteiger partial charge on any atom is -0.478 e. The molecule has 1 aromatic heterocycles. The van der Waals surface area contributed by atoms with Gasteiger partial charge in [-0.05, 0) is 63.7 Å². The summed E-state index contributed by atoms with van der Waals surface area (Å²) in [5, 5.41) is 9.52. The molecular formula is C21H30N4O3. The Kier molecular flexibility index (Phi) is 5.04. The Morgan fingerprint density at radius 2 is 1.96 bits per heavy atom. The lowest BCUT2D eigenvalue weighted by Crippen LogP contribution is -2.55. The summed E-state index contributed by atoms with van der Waals surface area (Å²) in [6.45, 7) is 6.37. The quantitative estimate of drug-likeness (QED) is 0.856. The first-order chi connectivity index (χ1) is 13.4. The lowest BCUT2D eigenvalue weighted by molar-refractivity contribution is -0.141. The van der Waals surface area contributed by atoms with Gasteiger partial charge in [-0.1, -0.05) is 0 Å². The molecule has 0 saturated carbocycles. The molecule has 1 atom stereocenters. The van der Waals surface area contributed by atoms with Crippen molar-refractivity contribution in [3.63, 3.8) is 0 Å². The number of carboxylic acid groups (broad SMARTS) is 1. The number of carboxylic acids is 1. The smallest absolute Gasteiger partial charge is 0.339 e. The Labute approximate surface area is 166 Å². The fraction of sp³-hybridized carbons (Fsp3) is 0.667. The van der Waals surface area contributed by atoms with E-state index in [4.69, 9.17) is 0 Å². The number of hydrogen-bond donors (Lipinski definition) is 1. The Bertz CT molecular complexity index is 773. The zero-order chi connectivity index (χ0) is 19.9. The van der Waals surface area contributed by atoms with Gasteiger partial charge in [-0.3, -0.25) is 4.79 Å². The highest BCUT2D eigenvalue weighted by Crippen LogP contribution is 2.42. The first kappa shape index (κ1) is 19.2. The summed E-state index contributed by atoms with van der Waals surface area (Å²) in [6.07, 6.45) is 4.62. The molecule has 0 aromatic carbocycles. The summed E-state index contributed by atoms with van der Waals surface area (Å²) >= 11 is 0. The van der Waals surface area contributed by atoms with Crippen molar-refractivity contribution in [3.05, 3.63) is 23.4 Å². The third-order valence-electron chi connectivity index (χ3n) is 6.87. The molecule has 3 aliphatic rings. The van der Waals surface area contributed by atoms with Crippen molar-refractivity contribution in [1.82, 2.24) is 14.8 Å². The summed E-state index contributed by atoms with van der Waals surface area (Å²) in [5.41, 5.74) is 1.27. The van der Waals surface area contributed by atoms with Gasteiger partial charge in [0, 0.05) is 44.3 Å². The minimum atomic E-state index is -0.928. The average molecular weight is 386 g/mol. The molecule has 7 nitrogen and oxygen atoms in total. The second kappa shape index (κ2) is 7.35. The molecule has 0 bridgehead atoms. The zero-order valence-corrected chi connectivity index (χ0v) is 16.9. The average Bonchev–Trinajstić information content (AvgIpc) is 3.10. The van der Waals surface area contributed by atoms with Gasteiger partial charge in [0.05, 0.1) is 0 Å². The second-order valence-electron chi connectivity index (χ2n) is 8.84. The highest BCUT2D eigenvalue weighted by molar-refractivity contribution is 5.93. The van der Waals surface area contributed by atoms with Gasteiger partial charge in [0.15, 0.2) is 0 Å². The Hall–Kier alpha value is -2.15. The molecule has 4 heterocycles. The number of likely N-dealkylation sites (tertiary alicyclic amines) is 2. The molecule has 3 fully saturated rings. The summed E-state index contributed by atoms with van der Waals surface area (Å²) in [4.78, 5) is 35.3. The molecule has 4 rings (SSSR count). The summed E-state index contributed by atoms with van der Waals surface area (Å²) in [5.74, 6) is -0.0343. The van der Waals surface area contributed by atoms with E-state index in [0.29, 0.717) is 24.2 Å². The standard InChI is InChI=1S/C21H30N4O3/c1-15-3-4-17(20(27)28)19(22-15)24-11-8-21(9-12-24)7-5-18(26)25(14-21)16-6-10-23(2)13-16/h3-4,16H,5-14H2,1-2H3,(H,27,28)/t16-/m0/s1. The fourth-order valence-electron chi connectivity index (χ4n) is 5.10. The summed E-state index contributed by atoms with van der Waals surface area (Å²) < 4.78 is 0. The van der Waals surface area contributed by atoms with E-state index in [1.807, 2.05) is 6.92 Å². The van der Waals surface area contributed by atoms with Crippen LogP contribution in [0.25, 0.3) is 0 Å². The normalized spacial score (nSPS) is 25.5. The molecule has 1 spiro atoms. The number of amides is 1. The molecule has 0 radical (unpaired) electrons. The SMILES string of the molecule is Cc1ccc(C(=O)O)c(N2CCC3(CCC(=O)N([C@H]4CCN(C)C4)C3)CC2)n1. The van der Waals surface area contributed by atoms with E-state index in [1.54, 1.807) is 12.1 Å². The summed E-state index contributed by atoms with van der Waals surface area (Å²) in [7, 11) is 2.12. The molecule has 0 unspecified atom stereocenters. The van der Waals surface area contributed by atoms with E-state index in [0.717, 1.165) is 64.1 Å². The van der Waals surface area contributed by atoms with Gasteiger partial charge in [0.1, 0.15) is 11.4 Å². The van der Waals surface area contributed by atoms with E-state index in [9.17, 15) is 14.7 Å². The topological polar surface area (TPSA) is 77.0 Å². The van der Waals surface area contributed by atoms with Crippen molar-refractivity contribution in [2.45, 2.75) is 45.1 Å². The van der Waals surface area contributed by atoms with Crippen LogP contribution < -0.4 is 4.90 Å². The van der Waals surface area contributed by atoms with Gasteiger partial charge in [-0.25, -0.2) is 9.78 Å². The number of hydrogen-bond acceptors (Lipinski definition) is 5. The number of aromatic carboxylic acids is 1. The number of carbonyl (C=O) groups is 2. The predicted octanol–water partition coefficient (Wildman–Crippen LogP) is 2.00. The number of aryl methyl sites for hydroxylation is 1. The number of piperidine rings is 2. The van der Waals surface area contributed by atoms with Gasteiger partial charge in [0.2, 0.25) is 5.91 Å². The Balaban J connectivity index is 1.47.